The van der Waals surface area contributed by atoms with Gasteiger partial charge in [0.1, 0.15) is 0 Å². The molecule has 0 spiro atoms. The fourth-order valence-corrected chi connectivity index (χ4v) is 3.90. The second-order valence-corrected chi connectivity index (χ2v) is 11.5. The molecule has 0 saturated carbocycles. The van der Waals surface area contributed by atoms with Crippen LogP contribution in [0.2, 0.25) is 15.8 Å². The van der Waals surface area contributed by atoms with Gasteiger partial charge in [-0.2, -0.15) is 0 Å². The molecule has 0 unspecified atom stereocenters. The third-order valence-electron chi connectivity index (χ3n) is 1.90. The monoisotopic (exact) mass is 180 g/mol. The third-order valence-corrected chi connectivity index (χ3v) is 9.88. The first-order valence-electron chi connectivity index (χ1n) is 3.37. The summed E-state index contributed by atoms with van der Waals surface area (Å²) in [4.78, 5) is 0. The Balaban J connectivity index is 3.58. The van der Waals surface area contributed by atoms with E-state index in [0.717, 1.165) is 15.8 Å². The predicted octanol–water partition coefficient (Wildman–Crippen LogP) is 2.96. The van der Waals surface area contributed by atoms with Gasteiger partial charge in [-0.05, 0) is 0 Å². The van der Waals surface area contributed by atoms with Gasteiger partial charge in [0.05, 0.1) is 0 Å². The van der Waals surface area contributed by atoms with Gasteiger partial charge >= 0.3 is 53.8 Å². The van der Waals surface area contributed by atoms with Crippen molar-refractivity contribution in [2.75, 3.05) is 0 Å². The van der Waals surface area contributed by atoms with Crippen LogP contribution in [0, 0.1) is 0 Å². The van der Waals surface area contributed by atoms with E-state index in [1.165, 1.54) is 0 Å². The van der Waals surface area contributed by atoms with E-state index in [2.05, 4.69) is 0 Å². The fourth-order valence-electron chi connectivity index (χ4n) is 0.750. The van der Waals surface area contributed by atoms with Crippen LogP contribution in [0.1, 0.15) is 20.8 Å². The number of hydrogen-bond acceptors (Lipinski definition) is 0. The van der Waals surface area contributed by atoms with Crippen LogP contribution in [0.25, 0.3) is 0 Å². The van der Waals surface area contributed by atoms with Crippen LogP contribution in [-0.2, 0) is 0 Å². The van der Waals surface area contributed by atoms with Gasteiger partial charge in [0.25, 0.3) is 0 Å². The molecule has 0 aliphatic carbocycles. The van der Waals surface area contributed by atoms with Crippen molar-refractivity contribution in [1.82, 2.24) is 0 Å². The maximum atomic E-state index is 13.2. The minimum absolute atomic E-state index is 0.840. The molecule has 0 atom stereocenters. The number of halogens is 1. The summed E-state index contributed by atoms with van der Waals surface area (Å²) in [5.41, 5.74) is 0. The first kappa shape index (κ1) is 8.47. The number of rotatable bonds is 3. The van der Waals surface area contributed by atoms with E-state index in [4.69, 9.17) is 0 Å². The molecule has 2 heteroatoms. The summed E-state index contributed by atoms with van der Waals surface area (Å²) in [5, 5.41) is 2.52. The Bertz CT molecular complexity index is 51.3. The van der Waals surface area contributed by atoms with Crippen LogP contribution in [0.4, 0.5) is 3.50 Å². The Hall–Kier alpha value is 0.473. The molecule has 0 aliphatic heterocycles. The maximum absolute atomic E-state index is 13.2. The molecule has 0 amide bonds. The zero-order chi connectivity index (χ0) is 6.62. The Morgan fingerprint density at radius 3 is 1.25 bits per heavy atom. The van der Waals surface area contributed by atoms with Crippen molar-refractivity contribution >= 4 is 13.7 Å². The van der Waals surface area contributed by atoms with Crippen molar-refractivity contribution in [2.45, 2.75) is 36.5 Å². The van der Waals surface area contributed by atoms with Crippen molar-refractivity contribution in [2.24, 2.45) is 0 Å². The summed E-state index contributed by atoms with van der Waals surface area (Å²) < 4.78 is 13.2. The van der Waals surface area contributed by atoms with Gasteiger partial charge in [0.2, 0.25) is 0 Å². The van der Waals surface area contributed by atoms with E-state index in [0.29, 0.717) is 0 Å². The van der Waals surface area contributed by atoms with E-state index in [1.54, 1.807) is 0 Å². The van der Waals surface area contributed by atoms with E-state index in [9.17, 15) is 3.50 Å². The summed E-state index contributed by atoms with van der Waals surface area (Å²) in [6, 6.07) is 0. The molecule has 0 radical (unpaired) electrons. The summed E-state index contributed by atoms with van der Waals surface area (Å²) in [6.07, 6.45) is 0. The first-order valence-corrected chi connectivity index (χ1v) is 8.61. The Labute approximate surface area is 54.3 Å². The van der Waals surface area contributed by atoms with Crippen molar-refractivity contribution < 1.29 is 3.50 Å². The van der Waals surface area contributed by atoms with Crippen molar-refractivity contribution in [3.63, 3.8) is 0 Å². The van der Waals surface area contributed by atoms with Gasteiger partial charge in [-0.25, -0.2) is 0 Å². The van der Waals surface area contributed by atoms with Crippen LogP contribution in [0.3, 0.4) is 0 Å². The van der Waals surface area contributed by atoms with Gasteiger partial charge in [-0.1, -0.05) is 0 Å². The van der Waals surface area contributed by atoms with Crippen LogP contribution in [0.15, 0.2) is 0 Å². The molecule has 0 bridgehead atoms. The quantitative estimate of drug-likeness (QED) is 0.584. The summed E-state index contributed by atoms with van der Waals surface area (Å²) in [5.74, 6) is 0. The van der Waals surface area contributed by atoms with E-state index in [-0.39, 0.29) is 0 Å². The normalized spacial score (nSPS) is 12.0. The van der Waals surface area contributed by atoms with Crippen LogP contribution in [0.5, 0.6) is 0 Å². The second kappa shape index (κ2) is 3.49. The number of hydrogen-bond donors (Lipinski definition) is 0. The molecule has 0 aromatic heterocycles. The molecule has 8 heavy (non-hydrogen) atoms. The van der Waals surface area contributed by atoms with Gasteiger partial charge in [-0.15, -0.1) is 0 Å². The van der Waals surface area contributed by atoms with Crippen molar-refractivity contribution in [1.29, 1.82) is 0 Å². The molecule has 0 aromatic carbocycles. The molecule has 0 aliphatic rings. The average molecular weight is 179 g/mol. The zero-order valence-corrected chi connectivity index (χ0v) is 8.10. The summed E-state index contributed by atoms with van der Waals surface area (Å²) in [6.45, 7) is 5.94. The molecule has 0 heterocycles. The van der Waals surface area contributed by atoms with Crippen LogP contribution in [-0.4, -0.2) is 13.7 Å². The Morgan fingerprint density at radius 1 is 1.00 bits per heavy atom. The molecular formula is C6H15FGe. The van der Waals surface area contributed by atoms with Crippen LogP contribution < -0.4 is 0 Å². The molecule has 0 fully saturated rings. The van der Waals surface area contributed by atoms with Gasteiger partial charge in [-0.3, -0.25) is 0 Å². The minimum atomic E-state index is -2.62. The van der Waals surface area contributed by atoms with E-state index < -0.39 is 13.7 Å². The Morgan fingerprint density at radius 2 is 1.25 bits per heavy atom. The average Bonchev–Trinajstić information content (AvgIpc) is 1.87. The molecule has 0 saturated heterocycles. The topological polar surface area (TPSA) is 0 Å². The van der Waals surface area contributed by atoms with Crippen molar-refractivity contribution in [3.05, 3.63) is 0 Å². The molecule has 0 rings (SSSR count). The molecule has 50 valence electrons. The molecule has 0 N–H and O–H groups in total. The van der Waals surface area contributed by atoms with Gasteiger partial charge in [0.15, 0.2) is 0 Å². The second-order valence-electron chi connectivity index (χ2n) is 2.21. The summed E-state index contributed by atoms with van der Waals surface area (Å²) in [7, 11) is 0. The van der Waals surface area contributed by atoms with Crippen molar-refractivity contribution in [3.8, 4) is 0 Å². The Kier molecular flexibility index (Phi) is 3.70. The van der Waals surface area contributed by atoms with Gasteiger partial charge < -0.3 is 0 Å². The van der Waals surface area contributed by atoms with Crippen LogP contribution >= 0.6 is 0 Å². The zero-order valence-electron chi connectivity index (χ0n) is 6.00. The van der Waals surface area contributed by atoms with E-state index >= 15 is 0 Å². The first-order chi connectivity index (χ1) is 3.68. The van der Waals surface area contributed by atoms with E-state index in [1.807, 2.05) is 20.8 Å². The molecular weight excluding hydrogens is 164 g/mol. The molecule has 0 aromatic rings. The standard InChI is InChI=1S/C6H15FGe/c1-4-8(7,5-2)6-3/h4-6H2,1-3H3. The molecule has 0 nitrogen and oxygen atoms in total. The SMILES string of the molecule is C[CH2][Ge]([F])([CH2]C)[CH2]C. The predicted molar refractivity (Wildman–Crippen MR) is 38.3 cm³/mol. The summed E-state index contributed by atoms with van der Waals surface area (Å²) >= 11 is -2.62. The van der Waals surface area contributed by atoms with Gasteiger partial charge in [0, 0.05) is 0 Å². The fraction of sp³-hybridized carbons (Fsp3) is 1.00. The third kappa shape index (κ3) is 2.16.